The van der Waals surface area contributed by atoms with Crippen LogP contribution in [0.3, 0.4) is 0 Å². The minimum absolute atomic E-state index is 0.170. The number of fused-ring (bicyclic) bond motifs is 1. The van der Waals surface area contributed by atoms with E-state index in [2.05, 4.69) is 25.4 Å². The van der Waals surface area contributed by atoms with Crippen molar-refractivity contribution >= 4 is 35.9 Å². The van der Waals surface area contributed by atoms with Crippen molar-refractivity contribution in [1.82, 2.24) is 20.1 Å². The van der Waals surface area contributed by atoms with E-state index in [9.17, 15) is 4.79 Å². The molecular formula is C21H25N5O6S. The quantitative estimate of drug-likeness (QED) is 0.406. The van der Waals surface area contributed by atoms with Gasteiger partial charge in [0.2, 0.25) is 0 Å². The number of H-pyrrole nitrogens is 1. The van der Waals surface area contributed by atoms with Crippen molar-refractivity contribution in [2.45, 2.75) is 19.4 Å². The van der Waals surface area contributed by atoms with Gasteiger partial charge in [0.25, 0.3) is 18.9 Å². The number of hydrogen-bond acceptors (Lipinski definition) is 8. The molecular weight excluding hydrogens is 450 g/mol. The number of amides is 1. The molecule has 11 nitrogen and oxygen atoms in total. The van der Waals surface area contributed by atoms with Gasteiger partial charge in [-0.25, -0.2) is 4.98 Å². The van der Waals surface area contributed by atoms with Gasteiger partial charge in [-0.1, -0.05) is 6.07 Å². The molecule has 33 heavy (non-hydrogen) atoms. The van der Waals surface area contributed by atoms with E-state index >= 15 is 0 Å². The number of rotatable bonds is 5. The zero-order chi connectivity index (χ0) is 24.1. The van der Waals surface area contributed by atoms with Crippen LogP contribution in [0, 0.1) is 0 Å². The smallest absolute Gasteiger partial charge is 0.290 e. The number of benzene rings is 1. The fourth-order valence-corrected chi connectivity index (χ4v) is 4.16. The van der Waals surface area contributed by atoms with E-state index in [1.54, 1.807) is 13.2 Å². The molecule has 2 aromatic heterocycles. The summed E-state index contributed by atoms with van der Waals surface area (Å²) in [5.41, 5.74) is 2.94. The molecule has 1 aliphatic heterocycles. The molecule has 0 bridgehead atoms. The third kappa shape index (κ3) is 8.01. The lowest BCUT2D eigenvalue weighted by molar-refractivity contribution is -0.123. The summed E-state index contributed by atoms with van der Waals surface area (Å²) in [5, 5.41) is 24.1. The largest absolute Gasteiger partial charge is 0.497 e. The zero-order valence-electron chi connectivity index (χ0n) is 17.9. The molecule has 0 unspecified atom stereocenters. The number of aromatic amines is 1. The molecule has 4 rings (SSSR count). The van der Waals surface area contributed by atoms with Gasteiger partial charge in [-0.3, -0.25) is 24.4 Å². The Balaban J connectivity index is 0.000000582. The van der Waals surface area contributed by atoms with Gasteiger partial charge in [0.1, 0.15) is 5.75 Å². The molecule has 0 saturated heterocycles. The van der Waals surface area contributed by atoms with E-state index in [1.807, 2.05) is 30.6 Å². The zero-order valence-corrected chi connectivity index (χ0v) is 18.7. The van der Waals surface area contributed by atoms with Crippen molar-refractivity contribution < 1.29 is 29.3 Å². The Labute approximate surface area is 194 Å². The molecule has 0 saturated carbocycles. The van der Waals surface area contributed by atoms with E-state index in [-0.39, 0.29) is 18.9 Å². The van der Waals surface area contributed by atoms with Gasteiger partial charge in [0, 0.05) is 54.4 Å². The Morgan fingerprint density at radius 3 is 2.67 bits per heavy atom. The van der Waals surface area contributed by atoms with Gasteiger partial charge in [-0.15, -0.1) is 11.3 Å². The molecule has 1 amide bonds. The summed E-state index contributed by atoms with van der Waals surface area (Å²) in [6.45, 7) is 2.27. The number of methoxy groups -OCH3 is 1. The molecule has 1 aromatic carbocycles. The summed E-state index contributed by atoms with van der Waals surface area (Å²) in [6.07, 6.45) is 5.56. The number of anilines is 1. The topological polar surface area (TPSA) is 158 Å². The molecule has 3 aromatic rings. The molecule has 0 spiro atoms. The van der Waals surface area contributed by atoms with Crippen LogP contribution in [0.2, 0.25) is 0 Å². The Bertz CT molecular complexity index is 993. The first kappa shape index (κ1) is 25.5. The van der Waals surface area contributed by atoms with Crippen molar-refractivity contribution in [3.63, 3.8) is 0 Å². The molecule has 3 heterocycles. The van der Waals surface area contributed by atoms with Gasteiger partial charge < -0.3 is 20.3 Å². The SMILES string of the molecule is COc1cccc(NC(=O)c2nc3c(s2)CCN(Cc2cn[nH]c2)CC3)c1.O=CO.O=CO. The summed E-state index contributed by atoms with van der Waals surface area (Å²) in [4.78, 5) is 37.5. The van der Waals surface area contributed by atoms with Crippen LogP contribution in [0.1, 0.15) is 25.9 Å². The van der Waals surface area contributed by atoms with Crippen LogP contribution in [0.4, 0.5) is 5.69 Å². The number of aromatic nitrogens is 3. The Hall–Kier alpha value is -3.77. The van der Waals surface area contributed by atoms with Crippen LogP contribution in [0.25, 0.3) is 0 Å². The molecule has 0 atom stereocenters. The van der Waals surface area contributed by atoms with Crippen molar-refractivity contribution in [3.8, 4) is 5.75 Å². The molecule has 0 fully saturated rings. The highest BCUT2D eigenvalue weighted by Gasteiger charge is 2.21. The van der Waals surface area contributed by atoms with Crippen molar-refractivity contribution in [1.29, 1.82) is 0 Å². The van der Waals surface area contributed by atoms with Gasteiger partial charge in [-0.2, -0.15) is 5.10 Å². The second kappa shape index (κ2) is 13.6. The maximum Gasteiger partial charge on any atom is 0.290 e. The summed E-state index contributed by atoms with van der Waals surface area (Å²) >= 11 is 1.50. The fourth-order valence-electron chi connectivity index (χ4n) is 3.17. The van der Waals surface area contributed by atoms with Crippen molar-refractivity contribution in [2.24, 2.45) is 0 Å². The Kier molecular flexibility index (Phi) is 10.5. The second-order valence-corrected chi connectivity index (χ2v) is 7.75. The van der Waals surface area contributed by atoms with Crippen LogP contribution in [0.15, 0.2) is 36.7 Å². The Morgan fingerprint density at radius 1 is 1.27 bits per heavy atom. The van der Waals surface area contributed by atoms with E-state index in [1.165, 1.54) is 21.8 Å². The van der Waals surface area contributed by atoms with E-state index in [0.717, 1.165) is 38.2 Å². The highest BCUT2D eigenvalue weighted by molar-refractivity contribution is 7.13. The minimum atomic E-state index is -0.250. The summed E-state index contributed by atoms with van der Waals surface area (Å²) in [7, 11) is 1.61. The fraction of sp³-hybridized carbons (Fsp3) is 0.286. The van der Waals surface area contributed by atoms with Crippen molar-refractivity contribution in [3.05, 3.63) is 57.8 Å². The normalized spacial score (nSPS) is 12.5. The van der Waals surface area contributed by atoms with E-state index in [0.29, 0.717) is 16.4 Å². The van der Waals surface area contributed by atoms with Crippen LogP contribution in [-0.2, 0) is 29.0 Å². The predicted octanol–water partition coefficient (Wildman–Crippen LogP) is 2.13. The second-order valence-electron chi connectivity index (χ2n) is 6.67. The molecule has 0 radical (unpaired) electrons. The maximum atomic E-state index is 12.6. The number of nitrogens with zero attached hydrogens (tertiary/aromatic N) is 3. The van der Waals surface area contributed by atoms with Gasteiger partial charge in [-0.05, 0) is 18.6 Å². The maximum absolute atomic E-state index is 12.6. The number of nitrogens with one attached hydrogen (secondary N) is 2. The standard InChI is InChI=1S/C19H21N5O2S.2CH2O2/c1-26-15-4-2-3-14(9-15)22-18(25)19-23-16-5-7-24(8-6-17(16)27-19)12-13-10-20-21-11-13;2*2-1-3/h2-4,9-11H,5-8,12H2,1H3,(H,20,21)(H,22,25);2*1H,(H,2,3). The van der Waals surface area contributed by atoms with Crippen molar-refractivity contribution in [2.75, 3.05) is 25.5 Å². The third-order valence-electron chi connectivity index (χ3n) is 4.58. The molecule has 176 valence electrons. The molecule has 1 aliphatic rings. The number of ether oxygens (including phenoxy) is 1. The number of carboxylic acid groups (broad SMARTS) is 2. The molecule has 0 aliphatic carbocycles. The highest BCUT2D eigenvalue weighted by Crippen LogP contribution is 2.25. The minimum Gasteiger partial charge on any atom is -0.497 e. The lowest BCUT2D eigenvalue weighted by atomic mass is 10.2. The average Bonchev–Trinajstić information content (AvgIpc) is 3.43. The lowest BCUT2D eigenvalue weighted by Gasteiger charge is -2.18. The van der Waals surface area contributed by atoms with Crippen LogP contribution >= 0.6 is 11.3 Å². The number of carbonyl (C=O) groups is 3. The third-order valence-corrected chi connectivity index (χ3v) is 5.74. The first-order valence-corrected chi connectivity index (χ1v) is 10.7. The van der Waals surface area contributed by atoms with Crippen LogP contribution in [-0.4, -0.2) is 69.3 Å². The average molecular weight is 476 g/mol. The van der Waals surface area contributed by atoms with E-state index in [4.69, 9.17) is 24.5 Å². The summed E-state index contributed by atoms with van der Waals surface area (Å²) in [5.74, 6) is 0.539. The summed E-state index contributed by atoms with van der Waals surface area (Å²) in [6, 6.07) is 7.33. The monoisotopic (exact) mass is 475 g/mol. The van der Waals surface area contributed by atoms with Gasteiger partial charge in [0.05, 0.1) is 19.0 Å². The lowest BCUT2D eigenvalue weighted by Crippen LogP contribution is -2.25. The van der Waals surface area contributed by atoms with Crippen LogP contribution < -0.4 is 10.1 Å². The molecule has 12 heteroatoms. The number of thiazole rings is 1. The van der Waals surface area contributed by atoms with Crippen LogP contribution in [0.5, 0.6) is 5.75 Å². The summed E-state index contributed by atoms with van der Waals surface area (Å²) < 4.78 is 5.19. The Morgan fingerprint density at radius 2 is 2.00 bits per heavy atom. The van der Waals surface area contributed by atoms with E-state index < -0.39 is 0 Å². The predicted molar refractivity (Wildman–Crippen MR) is 122 cm³/mol. The van der Waals surface area contributed by atoms with Gasteiger partial charge in [0.15, 0.2) is 5.01 Å². The number of hydrogen-bond donors (Lipinski definition) is 4. The number of carbonyl (C=O) groups excluding carboxylic acids is 1. The van der Waals surface area contributed by atoms with Gasteiger partial charge >= 0.3 is 0 Å². The molecule has 4 N–H and O–H groups in total. The highest BCUT2D eigenvalue weighted by atomic mass is 32.1. The first-order chi connectivity index (χ1) is 16.0. The first-order valence-electron chi connectivity index (χ1n) is 9.84.